The Balaban J connectivity index is 2.94. The third kappa shape index (κ3) is 3.97. The van der Waals surface area contributed by atoms with E-state index in [0.29, 0.717) is 17.8 Å². The Kier molecular flexibility index (Phi) is 5.29. The van der Waals surface area contributed by atoms with Crippen molar-refractivity contribution in [2.45, 2.75) is 78.7 Å². The zero-order chi connectivity index (χ0) is 15.6. The van der Waals surface area contributed by atoms with Crippen LogP contribution in [0.1, 0.15) is 73.1 Å². The van der Waals surface area contributed by atoms with Crippen molar-refractivity contribution in [2.24, 2.45) is 22.5 Å². The van der Waals surface area contributed by atoms with Gasteiger partial charge in [0.1, 0.15) is 0 Å². The summed E-state index contributed by atoms with van der Waals surface area (Å²) in [5.41, 5.74) is 6.32. The molecule has 0 aromatic carbocycles. The highest BCUT2D eigenvalue weighted by Gasteiger charge is 2.46. The van der Waals surface area contributed by atoms with E-state index in [-0.39, 0.29) is 16.9 Å². The fraction of sp³-hybridized carbons (Fsp3) is 0.941. The van der Waals surface area contributed by atoms with Crippen LogP contribution in [0.4, 0.5) is 0 Å². The summed E-state index contributed by atoms with van der Waals surface area (Å²) in [6.07, 6.45) is 6.04. The molecule has 118 valence electrons. The Labute approximate surface area is 124 Å². The minimum atomic E-state index is -0.353. The molecule has 0 saturated heterocycles. The summed E-state index contributed by atoms with van der Waals surface area (Å²) in [6, 6.07) is 0. The number of esters is 1. The van der Waals surface area contributed by atoms with Crippen molar-refractivity contribution < 1.29 is 9.53 Å². The zero-order valence-corrected chi connectivity index (χ0v) is 14.2. The Morgan fingerprint density at radius 3 is 2.25 bits per heavy atom. The van der Waals surface area contributed by atoms with Crippen molar-refractivity contribution in [3.63, 3.8) is 0 Å². The first-order chi connectivity index (χ1) is 9.02. The first-order valence-corrected chi connectivity index (χ1v) is 7.87. The van der Waals surface area contributed by atoms with Crippen LogP contribution in [-0.2, 0) is 9.53 Å². The minimum Gasteiger partial charge on any atom is -0.469 e. The van der Waals surface area contributed by atoms with E-state index in [4.69, 9.17) is 10.5 Å². The monoisotopic (exact) mass is 283 g/mol. The molecule has 0 aromatic rings. The van der Waals surface area contributed by atoms with Gasteiger partial charge in [0.2, 0.25) is 0 Å². The van der Waals surface area contributed by atoms with Crippen LogP contribution in [0.2, 0.25) is 0 Å². The molecule has 0 aromatic heterocycles. The smallest absolute Gasteiger partial charge is 0.306 e. The number of nitrogens with two attached hydrogens (primary N) is 1. The molecule has 2 N–H and O–H groups in total. The molecule has 0 bridgehead atoms. The van der Waals surface area contributed by atoms with E-state index in [1.165, 1.54) is 13.5 Å². The van der Waals surface area contributed by atoms with Crippen LogP contribution in [0.15, 0.2) is 0 Å². The molecule has 3 nitrogen and oxygen atoms in total. The fourth-order valence-electron chi connectivity index (χ4n) is 3.67. The van der Waals surface area contributed by atoms with E-state index in [2.05, 4.69) is 34.6 Å². The highest BCUT2D eigenvalue weighted by atomic mass is 16.5. The second-order valence-electron chi connectivity index (χ2n) is 8.25. The van der Waals surface area contributed by atoms with Crippen LogP contribution < -0.4 is 5.73 Å². The lowest BCUT2D eigenvalue weighted by molar-refractivity contribution is -0.145. The van der Waals surface area contributed by atoms with Crippen molar-refractivity contribution >= 4 is 5.97 Å². The number of carbonyl (C=O) groups excluding carboxylic acids is 1. The van der Waals surface area contributed by atoms with Gasteiger partial charge in [0.25, 0.3) is 0 Å². The molecule has 20 heavy (non-hydrogen) atoms. The van der Waals surface area contributed by atoms with Crippen LogP contribution >= 0.6 is 0 Å². The van der Waals surface area contributed by atoms with Gasteiger partial charge in [-0.15, -0.1) is 0 Å². The van der Waals surface area contributed by atoms with Crippen molar-refractivity contribution in [2.75, 3.05) is 7.11 Å². The molecular weight excluding hydrogens is 250 g/mol. The molecule has 0 spiro atoms. The Hall–Kier alpha value is -0.570. The molecule has 2 atom stereocenters. The molecule has 0 amide bonds. The number of carbonyl (C=O) groups is 1. The van der Waals surface area contributed by atoms with Gasteiger partial charge in [-0.1, -0.05) is 27.2 Å². The maximum atomic E-state index is 11.8. The third-order valence-electron chi connectivity index (χ3n) is 5.48. The predicted octanol–water partition coefficient (Wildman–Crippen LogP) is 3.90. The van der Waals surface area contributed by atoms with Gasteiger partial charge in [-0.25, -0.2) is 0 Å². The first kappa shape index (κ1) is 17.5. The Bertz CT molecular complexity index is 338. The maximum Gasteiger partial charge on any atom is 0.306 e. The molecular formula is C17H33NO2. The van der Waals surface area contributed by atoms with Gasteiger partial charge < -0.3 is 10.5 Å². The lowest BCUT2D eigenvalue weighted by Gasteiger charge is -2.44. The summed E-state index contributed by atoms with van der Waals surface area (Å²) in [5, 5.41) is 0. The van der Waals surface area contributed by atoms with Crippen LogP contribution in [-0.4, -0.2) is 18.6 Å². The van der Waals surface area contributed by atoms with E-state index >= 15 is 0 Å². The summed E-state index contributed by atoms with van der Waals surface area (Å²) >= 11 is 0. The third-order valence-corrected chi connectivity index (χ3v) is 5.48. The van der Waals surface area contributed by atoms with Gasteiger partial charge in [-0.2, -0.15) is 0 Å². The quantitative estimate of drug-likeness (QED) is 0.631. The average molecular weight is 283 g/mol. The summed E-state index contributed by atoms with van der Waals surface area (Å²) in [7, 11) is 1.47. The molecule has 1 saturated carbocycles. The van der Waals surface area contributed by atoms with Gasteiger partial charge in [0.05, 0.1) is 13.5 Å². The zero-order valence-electron chi connectivity index (χ0n) is 14.2. The minimum absolute atomic E-state index is 0.125. The topological polar surface area (TPSA) is 52.3 Å². The standard InChI is InChI=1S/C17H33NO2/c1-15(2,3)13-8-7-10-17(11-9-13,16(4,5)18)12-14(19)20-6/h13H,7-12,18H2,1-6H3. The average Bonchev–Trinajstić information content (AvgIpc) is 2.51. The Morgan fingerprint density at radius 1 is 1.20 bits per heavy atom. The fourth-order valence-corrected chi connectivity index (χ4v) is 3.67. The summed E-state index contributed by atoms with van der Waals surface area (Å²) in [4.78, 5) is 11.8. The van der Waals surface area contributed by atoms with E-state index in [9.17, 15) is 4.79 Å². The van der Waals surface area contributed by atoms with Crippen LogP contribution in [0.3, 0.4) is 0 Å². The predicted molar refractivity (Wildman–Crippen MR) is 83.4 cm³/mol. The summed E-state index contributed by atoms with van der Waals surface area (Å²) < 4.78 is 4.91. The van der Waals surface area contributed by atoms with Crippen LogP contribution in [0.25, 0.3) is 0 Å². The van der Waals surface area contributed by atoms with E-state index in [1.807, 2.05) is 0 Å². The summed E-state index contributed by atoms with van der Waals surface area (Å²) in [6.45, 7) is 11.1. The lowest BCUT2D eigenvalue weighted by Crippen LogP contribution is -2.51. The molecule has 1 aliphatic carbocycles. The molecule has 2 unspecified atom stereocenters. The van der Waals surface area contributed by atoms with Gasteiger partial charge in [-0.3, -0.25) is 4.79 Å². The van der Waals surface area contributed by atoms with Gasteiger partial charge in [0, 0.05) is 5.54 Å². The molecule has 0 radical (unpaired) electrons. The second kappa shape index (κ2) is 6.05. The number of methoxy groups -OCH3 is 1. The van der Waals surface area contributed by atoms with Gasteiger partial charge in [0.15, 0.2) is 0 Å². The number of hydrogen-bond acceptors (Lipinski definition) is 3. The highest BCUT2D eigenvalue weighted by molar-refractivity contribution is 5.70. The summed E-state index contributed by atoms with van der Waals surface area (Å²) in [5.74, 6) is 0.585. The number of hydrogen-bond donors (Lipinski definition) is 1. The molecule has 1 aliphatic rings. The normalized spacial score (nSPS) is 28.9. The SMILES string of the molecule is COC(=O)CC1(C(C)(C)N)CCCC(C(C)(C)C)CC1. The molecule has 3 heteroatoms. The van der Waals surface area contributed by atoms with Gasteiger partial charge in [-0.05, 0) is 56.3 Å². The van der Waals surface area contributed by atoms with E-state index in [1.54, 1.807) is 0 Å². The van der Waals surface area contributed by atoms with Gasteiger partial charge >= 0.3 is 5.97 Å². The highest BCUT2D eigenvalue weighted by Crippen LogP contribution is 2.49. The van der Waals surface area contributed by atoms with E-state index in [0.717, 1.165) is 25.7 Å². The van der Waals surface area contributed by atoms with Crippen molar-refractivity contribution in [3.8, 4) is 0 Å². The molecule has 1 rings (SSSR count). The molecule has 1 fully saturated rings. The second-order valence-corrected chi connectivity index (χ2v) is 8.25. The maximum absolute atomic E-state index is 11.8. The number of ether oxygens (including phenoxy) is 1. The van der Waals surface area contributed by atoms with Crippen molar-refractivity contribution in [1.82, 2.24) is 0 Å². The Morgan fingerprint density at radius 2 is 1.80 bits per heavy atom. The first-order valence-electron chi connectivity index (χ1n) is 7.87. The van der Waals surface area contributed by atoms with Crippen LogP contribution in [0, 0.1) is 16.7 Å². The largest absolute Gasteiger partial charge is 0.469 e. The van der Waals surface area contributed by atoms with Crippen LogP contribution in [0.5, 0.6) is 0 Å². The van der Waals surface area contributed by atoms with E-state index < -0.39 is 0 Å². The lowest BCUT2D eigenvalue weighted by atomic mass is 9.64. The molecule has 0 heterocycles. The van der Waals surface area contributed by atoms with Crippen molar-refractivity contribution in [3.05, 3.63) is 0 Å². The molecule has 0 aliphatic heterocycles. The van der Waals surface area contributed by atoms with Crippen molar-refractivity contribution in [1.29, 1.82) is 0 Å². The number of rotatable bonds is 3.